The number of nitrogens with zero attached hydrogens (tertiary/aromatic N) is 1. The van der Waals surface area contributed by atoms with Crippen LogP contribution in [-0.2, 0) is 4.79 Å². The van der Waals surface area contributed by atoms with E-state index in [1.165, 1.54) is 32.1 Å². The molecule has 3 heteroatoms. The third-order valence-corrected chi connectivity index (χ3v) is 6.13. The van der Waals surface area contributed by atoms with Gasteiger partial charge in [0.25, 0.3) is 0 Å². The van der Waals surface area contributed by atoms with Crippen LogP contribution in [0.15, 0.2) is 0 Å². The maximum absolute atomic E-state index is 12.7. The van der Waals surface area contributed by atoms with Gasteiger partial charge in [0.05, 0.1) is 6.10 Å². The highest BCUT2D eigenvalue weighted by molar-refractivity contribution is 5.78. The molecule has 0 radical (unpaired) electrons. The predicted octanol–water partition coefficient (Wildman–Crippen LogP) is 2.97. The predicted molar refractivity (Wildman–Crippen MR) is 79.2 cm³/mol. The number of aliphatic hydroxyl groups is 1. The zero-order chi connectivity index (χ0) is 14.2. The summed E-state index contributed by atoms with van der Waals surface area (Å²) < 4.78 is 0. The summed E-state index contributed by atoms with van der Waals surface area (Å²) >= 11 is 0. The monoisotopic (exact) mass is 279 g/mol. The molecule has 2 atom stereocenters. The van der Waals surface area contributed by atoms with E-state index in [1.54, 1.807) is 0 Å². The lowest BCUT2D eigenvalue weighted by atomic mass is 9.75. The maximum atomic E-state index is 12.7. The first-order chi connectivity index (χ1) is 9.61. The van der Waals surface area contributed by atoms with Gasteiger partial charge in [-0.15, -0.1) is 0 Å². The van der Waals surface area contributed by atoms with Crippen molar-refractivity contribution in [3.63, 3.8) is 0 Å². The number of likely N-dealkylation sites (tertiary alicyclic amines) is 1. The normalized spacial score (nSPS) is 31.3. The van der Waals surface area contributed by atoms with Gasteiger partial charge >= 0.3 is 0 Å². The summed E-state index contributed by atoms with van der Waals surface area (Å²) in [6.45, 7) is 3.67. The minimum atomic E-state index is -0.184. The minimum Gasteiger partial charge on any atom is -0.392 e. The topological polar surface area (TPSA) is 40.5 Å². The standard InChI is InChI=1S/C17H29NO2/c1-13(11-14-5-4-6-14)16(20)18-10-7-15(19)17(12-18)8-2-3-9-17/h13-15,19H,2-12H2,1H3/t13-,15?/m1/s1. The molecule has 1 spiro atoms. The number of hydrogen-bond donors (Lipinski definition) is 1. The van der Waals surface area contributed by atoms with Crippen molar-refractivity contribution in [2.24, 2.45) is 17.3 Å². The second kappa shape index (κ2) is 5.67. The van der Waals surface area contributed by atoms with Gasteiger partial charge in [-0.1, -0.05) is 39.0 Å². The van der Waals surface area contributed by atoms with E-state index in [0.29, 0.717) is 5.91 Å². The highest BCUT2D eigenvalue weighted by Gasteiger charge is 2.46. The molecule has 0 aromatic heterocycles. The number of piperidine rings is 1. The molecule has 0 bridgehead atoms. The van der Waals surface area contributed by atoms with Crippen molar-refractivity contribution in [2.75, 3.05) is 13.1 Å². The highest BCUT2D eigenvalue weighted by Crippen LogP contribution is 2.45. The molecular weight excluding hydrogens is 250 g/mol. The molecule has 20 heavy (non-hydrogen) atoms. The van der Waals surface area contributed by atoms with Crippen LogP contribution in [0.1, 0.15) is 64.7 Å². The van der Waals surface area contributed by atoms with Crippen molar-refractivity contribution in [1.82, 2.24) is 4.90 Å². The molecule has 1 saturated heterocycles. The third kappa shape index (κ3) is 2.61. The van der Waals surface area contributed by atoms with Crippen molar-refractivity contribution in [2.45, 2.75) is 70.8 Å². The fraction of sp³-hybridized carbons (Fsp3) is 0.941. The Balaban J connectivity index is 1.59. The molecule has 114 valence electrons. The van der Waals surface area contributed by atoms with E-state index in [-0.39, 0.29) is 17.4 Å². The van der Waals surface area contributed by atoms with E-state index >= 15 is 0 Å². The van der Waals surface area contributed by atoms with Gasteiger partial charge in [0.15, 0.2) is 0 Å². The fourth-order valence-corrected chi connectivity index (χ4v) is 4.55. The van der Waals surface area contributed by atoms with Crippen molar-refractivity contribution in [1.29, 1.82) is 0 Å². The van der Waals surface area contributed by atoms with Gasteiger partial charge in [-0.3, -0.25) is 4.79 Å². The lowest BCUT2D eigenvalue weighted by molar-refractivity contribution is -0.143. The average Bonchev–Trinajstić information content (AvgIpc) is 2.86. The first-order valence-corrected chi connectivity index (χ1v) is 8.57. The van der Waals surface area contributed by atoms with E-state index < -0.39 is 0 Å². The maximum Gasteiger partial charge on any atom is 0.225 e. The molecule has 1 heterocycles. The van der Waals surface area contributed by atoms with Gasteiger partial charge in [-0.05, 0) is 31.6 Å². The zero-order valence-electron chi connectivity index (χ0n) is 12.8. The molecule has 3 aliphatic rings. The Hall–Kier alpha value is -0.570. The molecule has 1 N–H and O–H groups in total. The smallest absolute Gasteiger partial charge is 0.225 e. The largest absolute Gasteiger partial charge is 0.392 e. The Morgan fingerprint density at radius 1 is 1.25 bits per heavy atom. The Kier molecular flexibility index (Phi) is 4.07. The Labute approximate surface area is 122 Å². The van der Waals surface area contributed by atoms with Gasteiger partial charge in [0.1, 0.15) is 0 Å². The average molecular weight is 279 g/mol. The van der Waals surface area contributed by atoms with Crippen molar-refractivity contribution >= 4 is 5.91 Å². The van der Waals surface area contributed by atoms with Gasteiger partial charge in [0, 0.05) is 24.4 Å². The van der Waals surface area contributed by atoms with Crippen LogP contribution in [0.3, 0.4) is 0 Å². The quantitative estimate of drug-likeness (QED) is 0.863. The first kappa shape index (κ1) is 14.4. The third-order valence-electron chi connectivity index (χ3n) is 6.13. The Morgan fingerprint density at radius 3 is 2.55 bits per heavy atom. The molecule has 1 unspecified atom stereocenters. The lowest BCUT2D eigenvalue weighted by Crippen LogP contribution is -2.53. The second-order valence-electron chi connectivity index (χ2n) is 7.57. The molecule has 1 aliphatic heterocycles. The van der Waals surface area contributed by atoms with Gasteiger partial charge in [0.2, 0.25) is 5.91 Å². The van der Waals surface area contributed by atoms with Gasteiger partial charge in [-0.2, -0.15) is 0 Å². The molecule has 1 amide bonds. The number of amides is 1. The van der Waals surface area contributed by atoms with Crippen LogP contribution in [-0.4, -0.2) is 35.1 Å². The number of hydrogen-bond acceptors (Lipinski definition) is 2. The van der Waals surface area contributed by atoms with E-state index in [9.17, 15) is 9.90 Å². The fourth-order valence-electron chi connectivity index (χ4n) is 4.55. The van der Waals surface area contributed by atoms with Gasteiger partial charge in [-0.25, -0.2) is 0 Å². The molecule has 2 aliphatic carbocycles. The van der Waals surface area contributed by atoms with Crippen LogP contribution < -0.4 is 0 Å². The molecule has 3 fully saturated rings. The molecule has 0 aromatic carbocycles. The summed E-state index contributed by atoms with van der Waals surface area (Å²) in [5, 5.41) is 10.4. The van der Waals surface area contributed by atoms with Crippen LogP contribution in [0.2, 0.25) is 0 Å². The minimum absolute atomic E-state index is 0.0318. The summed E-state index contributed by atoms with van der Waals surface area (Å²) in [6, 6.07) is 0. The van der Waals surface area contributed by atoms with E-state index in [0.717, 1.165) is 44.7 Å². The molecular formula is C17H29NO2. The zero-order valence-corrected chi connectivity index (χ0v) is 12.8. The van der Waals surface area contributed by atoms with Crippen LogP contribution >= 0.6 is 0 Å². The number of carbonyl (C=O) groups is 1. The lowest BCUT2D eigenvalue weighted by Gasteiger charge is -2.45. The van der Waals surface area contributed by atoms with E-state index in [4.69, 9.17) is 0 Å². The number of carbonyl (C=O) groups excluding carboxylic acids is 1. The number of rotatable bonds is 3. The van der Waals surface area contributed by atoms with Crippen LogP contribution in [0.25, 0.3) is 0 Å². The highest BCUT2D eigenvalue weighted by atomic mass is 16.3. The second-order valence-corrected chi connectivity index (χ2v) is 7.57. The summed E-state index contributed by atoms with van der Waals surface area (Å²) in [5.74, 6) is 1.31. The molecule has 3 rings (SSSR count). The summed E-state index contributed by atoms with van der Waals surface area (Å²) in [6.07, 6.45) is 10.3. The summed E-state index contributed by atoms with van der Waals surface area (Å²) in [4.78, 5) is 14.7. The van der Waals surface area contributed by atoms with Crippen LogP contribution in [0.4, 0.5) is 0 Å². The van der Waals surface area contributed by atoms with Crippen molar-refractivity contribution < 1.29 is 9.90 Å². The van der Waals surface area contributed by atoms with E-state index in [1.807, 2.05) is 0 Å². The molecule has 2 saturated carbocycles. The van der Waals surface area contributed by atoms with Crippen LogP contribution in [0.5, 0.6) is 0 Å². The Morgan fingerprint density at radius 2 is 1.95 bits per heavy atom. The molecule has 3 nitrogen and oxygen atoms in total. The Bertz CT molecular complexity index is 358. The summed E-state index contributed by atoms with van der Waals surface area (Å²) in [7, 11) is 0. The SMILES string of the molecule is C[C@H](CC1CCC1)C(=O)N1CCC(O)C2(CCCC2)C1. The molecule has 0 aromatic rings. The van der Waals surface area contributed by atoms with Crippen molar-refractivity contribution in [3.8, 4) is 0 Å². The van der Waals surface area contributed by atoms with E-state index in [2.05, 4.69) is 11.8 Å². The van der Waals surface area contributed by atoms with Crippen LogP contribution in [0, 0.1) is 17.3 Å². The number of aliphatic hydroxyl groups excluding tert-OH is 1. The first-order valence-electron chi connectivity index (χ1n) is 8.57. The van der Waals surface area contributed by atoms with Crippen molar-refractivity contribution in [3.05, 3.63) is 0 Å². The summed E-state index contributed by atoms with van der Waals surface area (Å²) in [5.41, 5.74) is 0.0318. The van der Waals surface area contributed by atoms with Gasteiger partial charge < -0.3 is 10.0 Å².